The van der Waals surface area contributed by atoms with E-state index in [-0.39, 0.29) is 0 Å². The number of anilines is 1. The van der Waals surface area contributed by atoms with Gasteiger partial charge in [-0.2, -0.15) is 0 Å². The van der Waals surface area contributed by atoms with Crippen LogP contribution in [0.15, 0.2) is 18.2 Å². The van der Waals surface area contributed by atoms with Gasteiger partial charge < -0.3 is 15.3 Å². The number of rotatable bonds is 4. The Labute approximate surface area is 137 Å². The SMILES string of the molecule is C[C@@H](NC(=O)C1CCN(c2cc(Cl)ccc2Cl)C1=O)C(=O)O. The molecule has 1 aliphatic rings. The Hall–Kier alpha value is -1.79. The number of carboxylic acids is 1. The topological polar surface area (TPSA) is 86.7 Å². The van der Waals surface area contributed by atoms with Crippen molar-refractivity contribution in [2.75, 3.05) is 11.4 Å². The van der Waals surface area contributed by atoms with E-state index in [9.17, 15) is 14.4 Å². The van der Waals surface area contributed by atoms with Crippen LogP contribution < -0.4 is 10.2 Å². The molecule has 0 bridgehead atoms. The molecule has 2 amide bonds. The molecule has 1 heterocycles. The highest BCUT2D eigenvalue weighted by atomic mass is 35.5. The normalized spacial score (nSPS) is 19.1. The van der Waals surface area contributed by atoms with Gasteiger partial charge in [-0.25, -0.2) is 0 Å². The predicted octanol–water partition coefficient (Wildman–Crippen LogP) is 1.94. The molecule has 1 aromatic carbocycles. The Bertz CT molecular complexity index is 635. The van der Waals surface area contributed by atoms with Crippen molar-refractivity contribution in [1.82, 2.24) is 5.32 Å². The molecule has 22 heavy (non-hydrogen) atoms. The van der Waals surface area contributed by atoms with Crippen LogP contribution in [0.5, 0.6) is 0 Å². The van der Waals surface area contributed by atoms with Crippen LogP contribution in [0.2, 0.25) is 10.0 Å². The molecule has 8 heteroatoms. The Balaban J connectivity index is 2.14. The van der Waals surface area contributed by atoms with Gasteiger partial charge in [0.25, 0.3) is 0 Å². The summed E-state index contributed by atoms with van der Waals surface area (Å²) in [5, 5.41) is 11.9. The van der Waals surface area contributed by atoms with Gasteiger partial charge in [0.2, 0.25) is 11.8 Å². The van der Waals surface area contributed by atoms with Crippen LogP contribution in [0, 0.1) is 5.92 Å². The summed E-state index contributed by atoms with van der Waals surface area (Å²) in [6.45, 7) is 1.66. The van der Waals surface area contributed by atoms with E-state index in [0.29, 0.717) is 28.7 Å². The van der Waals surface area contributed by atoms with Crippen molar-refractivity contribution >= 4 is 46.7 Å². The van der Waals surface area contributed by atoms with Crippen LogP contribution in [0.3, 0.4) is 0 Å². The summed E-state index contributed by atoms with van der Waals surface area (Å²) < 4.78 is 0. The highest BCUT2D eigenvalue weighted by Gasteiger charge is 2.39. The molecule has 0 radical (unpaired) electrons. The van der Waals surface area contributed by atoms with Gasteiger partial charge in [-0.05, 0) is 31.5 Å². The largest absolute Gasteiger partial charge is 0.480 e. The van der Waals surface area contributed by atoms with Gasteiger partial charge >= 0.3 is 5.97 Å². The molecule has 0 aromatic heterocycles. The van der Waals surface area contributed by atoms with E-state index in [4.69, 9.17) is 28.3 Å². The zero-order chi connectivity index (χ0) is 16.4. The van der Waals surface area contributed by atoms with Crippen molar-refractivity contribution in [3.05, 3.63) is 28.2 Å². The van der Waals surface area contributed by atoms with E-state index in [1.54, 1.807) is 18.2 Å². The first-order chi connectivity index (χ1) is 10.3. The number of hydrogen-bond donors (Lipinski definition) is 2. The maximum atomic E-state index is 12.4. The second-order valence-corrected chi connectivity index (χ2v) is 5.84. The summed E-state index contributed by atoms with van der Waals surface area (Å²) in [6, 6.07) is 3.69. The minimum absolute atomic E-state index is 0.292. The maximum Gasteiger partial charge on any atom is 0.325 e. The maximum absolute atomic E-state index is 12.4. The first-order valence-corrected chi connectivity index (χ1v) is 7.36. The molecule has 1 fully saturated rings. The molecule has 0 spiro atoms. The quantitative estimate of drug-likeness (QED) is 0.817. The second-order valence-electron chi connectivity index (χ2n) is 5.00. The average molecular weight is 345 g/mol. The molecule has 2 atom stereocenters. The van der Waals surface area contributed by atoms with Crippen LogP contribution >= 0.6 is 23.2 Å². The van der Waals surface area contributed by atoms with Crippen molar-refractivity contribution in [2.24, 2.45) is 5.92 Å². The molecule has 1 saturated heterocycles. The highest BCUT2D eigenvalue weighted by molar-refractivity contribution is 6.36. The summed E-state index contributed by atoms with van der Waals surface area (Å²) in [7, 11) is 0. The van der Waals surface area contributed by atoms with E-state index in [1.165, 1.54) is 11.8 Å². The van der Waals surface area contributed by atoms with Crippen molar-refractivity contribution in [3.63, 3.8) is 0 Å². The highest BCUT2D eigenvalue weighted by Crippen LogP contribution is 2.33. The Morgan fingerprint density at radius 2 is 2.09 bits per heavy atom. The monoisotopic (exact) mass is 344 g/mol. The summed E-state index contributed by atoms with van der Waals surface area (Å²) in [6.07, 6.45) is 0.292. The number of hydrogen-bond acceptors (Lipinski definition) is 3. The molecule has 1 aromatic rings. The fourth-order valence-corrected chi connectivity index (χ4v) is 2.62. The minimum atomic E-state index is -1.16. The lowest BCUT2D eigenvalue weighted by Crippen LogP contribution is -2.44. The van der Waals surface area contributed by atoms with Gasteiger partial charge in [-0.3, -0.25) is 14.4 Å². The van der Waals surface area contributed by atoms with E-state index in [2.05, 4.69) is 5.32 Å². The number of benzene rings is 1. The van der Waals surface area contributed by atoms with E-state index in [1.807, 2.05) is 0 Å². The number of carbonyl (C=O) groups is 3. The van der Waals surface area contributed by atoms with Crippen LogP contribution in [0.1, 0.15) is 13.3 Å². The van der Waals surface area contributed by atoms with E-state index >= 15 is 0 Å². The van der Waals surface area contributed by atoms with E-state index in [0.717, 1.165) is 0 Å². The Morgan fingerprint density at radius 1 is 1.41 bits per heavy atom. The Morgan fingerprint density at radius 3 is 2.73 bits per heavy atom. The van der Waals surface area contributed by atoms with Gasteiger partial charge in [-0.15, -0.1) is 0 Å². The fraction of sp³-hybridized carbons (Fsp3) is 0.357. The van der Waals surface area contributed by atoms with Gasteiger partial charge in [0.1, 0.15) is 12.0 Å². The smallest absolute Gasteiger partial charge is 0.325 e. The van der Waals surface area contributed by atoms with Crippen LogP contribution in [-0.2, 0) is 14.4 Å². The number of halogens is 2. The van der Waals surface area contributed by atoms with Crippen molar-refractivity contribution in [3.8, 4) is 0 Å². The lowest BCUT2D eigenvalue weighted by molar-refractivity contribution is -0.143. The molecule has 1 aliphatic heterocycles. The summed E-state index contributed by atoms with van der Waals surface area (Å²) in [5.74, 6) is -3.09. The van der Waals surface area contributed by atoms with Gasteiger partial charge in [0.05, 0.1) is 10.7 Å². The standard InChI is InChI=1S/C14H14Cl2N2O4/c1-7(14(21)22)17-12(19)9-4-5-18(13(9)20)11-6-8(15)2-3-10(11)16/h2-3,6-7,9H,4-5H2,1H3,(H,17,19)(H,21,22)/t7-,9?/m1/s1. The molecular weight excluding hydrogens is 331 g/mol. The van der Waals surface area contributed by atoms with Crippen LogP contribution in [0.4, 0.5) is 5.69 Å². The van der Waals surface area contributed by atoms with E-state index < -0.39 is 29.7 Å². The lowest BCUT2D eigenvalue weighted by Gasteiger charge is -2.19. The molecule has 0 saturated carbocycles. The summed E-state index contributed by atoms with van der Waals surface area (Å²) in [5.41, 5.74) is 0.445. The fourth-order valence-electron chi connectivity index (χ4n) is 2.23. The third kappa shape index (κ3) is 3.34. The Kier molecular flexibility index (Phi) is 4.93. The summed E-state index contributed by atoms with van der Waals surface area (Å²) in [4.78, 5) is 36.5. The summed E-state index contributed by atoms with van der Waals surface area (Å²) >= 11 is 12.0. The third-order valence-electron chi connectivity index (χ3n) is 3.45. The molecule has 6 nitrogen and oxygen atoms in total. The molecule has 2 N–H and O–H groups in total. The number of nitrogens with one attached hydrogen (secondary N) is 1. The number of aliphatic carboxylic acids is 1. The second kappa shape index (κ2) is 6.54. The predicted molar refractivity (Wildman–Crippen MR) is 82.2 cm³/mol. The number of carbonyl (C=O) groups excluding carboxylic acids is 2. The van der Waals surface area contributed by atoms with Crippen molar-refractivity contribution in [1.29, 1.82) is 0 Å². The number of nitrogens with zero attached hydrogens (tertiary/aromatic N) is 1. The molecule has 0 aliphatic carbocycles. The minimum Gasteiger partial charge on any atom is -0.480 e. The van der Waals surface area contributed by atoms with Crippen molar-refractivity contribution < 1.29 is 19.5 Å². The zero-order valence-corrected chi connectivity index (χ0v) is 13.2. The first kappa shape index (κ1) is 16.6. The molecular formula is C14H14Cl2N2O4. The molecule has 1 unspecified atom stereocenters. The zero-order valence-electron chi connectivity index (χ0n) is 11.7. The number of carboxylic acid groups (broad SMARTS) is 1. The van der Waals surface area contributed by atoms with Crippen LogP contribution in [0.25, 0.3) is 0 Å². The van der Waals surface area contributed by atoms with Crippen LogP contribution in [-0.4, -0.2) is 35.5 Å². The third-order valence-corrected chi connectivity index (χ3v) is 4.00. The average Bonchev–Trinajstić information content (AvgIpc) is 2.83. The van der Waals surface area contributed by atoms with Gasteiger partial charge in [-0.1, -0.05) is 23.2 Å². The van der Waals surface area contributed by atoms with Gasteiger partial charge in [0, 0.05) is 11.6 Å². The first-order valence-electron chi connectivity index (χ1n) is 6.61. The van der Waals surface area contributed by atoms with Gasteiger partial charge in [0.15, 0.2) is 0 Å². The molecule has 2 rings (SSSR count). The molecule has 118 valence electrons. The van der Waals surface area contributed by atoms with Crippen molar-refractivity contribution in [2.45, 2.75) is 19.4 Å². The lowest BCUT2D eigenvalue weighted by atomic mass is 10.1. The number of amides is 2.